The summed E-state index contributed by atoms with van der Waals surface area (Å²) in [6.07, 6.45) is 4.49. The van der Waals surface area contributed by atoms with Crippen LogP contribution in [0.25, 0.3) is 21.5 Å². The van der Waals surface area contributed by atoms with Crippen molar-refractivity contribution in [2.24, 2.45) is 11.5 Å². The normalized spacial score (nSPS) is 15.3. The van der Waals surface area contributed by atoms with Gasteiger partial charge in [0, 0.05) is 25.0 Å². The van der Waals surface area contributed by atoms with E-state index in [-0.39, 0.29) is 23.7 Å². The summed E-state index contributed by atoms with van der Waals surface area (Å²) in [5.74, 6) is 0.512. The number of rotatable bonds is 18. The van der Waals surface area contributed by atoms with E-state index in [2.05, 4.69) is 159 Å². The van der Waals surface area contributed by atoms with Crippen LogP contribution in [0.5, 0.6) is 0 Å². The third-order valence-electron chi connectivity index (χ3n) is 10.7. The third kappa shape index (κ3) is 9.52. The molecule has 6 aromatic carbocycles. The van der Waals surface area contributed by atoms with Gasteiger partial charge in [0.05, 0.1) is 0 Å². The molecule has 0 bridgehead atoms. The van der Waals surface area contributed by atoms with E-state index in [1.807, 2.05) is 0 Å². The first-order valence-corrected chi connectivity index (χ1v) is 18.8. The zero-order chi connectivity index (χ0) is 35.4. The number of hydrogen-bond acceptors (Lipinski definition) is 4. The number of fused-ring (bicyclic) bond motifs is 2. The van der Waals surface area contributed by atoms with Crippen LogP contribution in [0, 0.1) is 0 Å². The average Bonchev–Trinajstić information content (AvgIpc) is 3.18. The summed E-state index contributed by atoms with van der Waals surface area (Å²) in [5, 5.41) is 4.93. The zero-order valence-corrected chi connectivity index (χ0v) is 30.2. The van der Waals surface area contributed by atoms with Gasteiger partial charge in [-0.15, -0.1) is 0 Å². The van der Waals surface area contributed by atoms with Crippen molar-refractivity contribution in [3.05, 3.63) is 168 Å². The Labute approximate surface area is 304 Å². The molecular weight excluding hydrogens is 625 g/mol. The van der Waals surface area contributed by atoms with Gasteiger partial charge in [-0.2, -0.15) is 0 Å². The maximum Gasteiger partial charge on any atom is 0.113 e. The Bertz CT molecular complexity index is 1790. The average molecular weight is 679 g/mol. The Morgan fingerprint density at radius 3 is 1.16 bits per heavy atom. The molecule has 4 heteroatoms. The molecule has 0 saturated heterocycles. The fourth-order valence-electron chi connectivity index (χ4n) is 7.66. The third-order valence-corrected chi connectivity index (χ3v) is 10.7. The summed E-state index contributed by atoms with van der Waals surface area (Å²) in [5.41, 5.74) is 18.7. The van der Waals surface area contributed by atoms with Gasteiger partial charge in [-0.3, -0.25) is 0 Å². The van der Waals surface area contributed by atoms with Gasteiger partial charge in [-0.1, -0.05) is 179 Å². The molecule has 0 aliphatic carbocycles. The quantitative estimate of drug-likeness (QED) is 0.0701. The molecule has 0 spiro atoms. The Hall–Kier alpha value is -4.32. The fourth-order valence-corrected chi connectivity index (χ4v) is 7.66. The highest BCUT2D eigenvalue weighted by Crippen LogP contribution is 2.38. The molecule has 6 aromatic rings. The molecule has 4 N–H and O–H groups in total. The summed E-state index contributed by atoms with van der Waals surface area (Å²) in [6, 6.07) is 51.7. The molecule has 0 aromatic heterocycles. The molecule has 6 rings (SSSR count). The highest BCUT2D eigenvalue weighted by molar-refractivity contribution is 5.84. The van der Waals surface area contributed by atoms with Gasteiger partial charge in [0.25, 0.3) is 0 Å². The largest absolute Gasteiger partial charge is 0.363 e. The van der Waals surface area contributed by atoms with E-state index in [4.69, 9.17) is 20.9 Å². The Balaban J connectivity index is 0.977. The van der Waals surface area contributed by atoms with Gasteiger partial charge in [0.1, 0.15) is 12.5 Å². The number of benzene rings is 6. The summed E-state index contributed by atoms with van der Waals surface area (Å²) in [7, 11) is 0. The summed E-state index contributed by atoms with van der Waals surface area (Å²) >= 11 is 0. The molecule has 6 atom stereocenters. The summed E-state index contributed by atoms with van der Waals surface area (Å²) in [6.45, 7) is 5.83. The number of hydrogen-bond donors (Lipinski definition) is 2. The summed E-state index contributed by atoms with van der Waals surface area (Å²) < 4.78 is 12.7. The first-order chi connectivity index (χ1) is 25.0. The highest BCUT2D eigenvalue weighted by Gasteiger charge is 2.29. The van der Waals surface area contributed by atoms with E-state index in [1.165, 1.54) is 43.8 Å². The lowest BCUT2D eigenvalue weighted by molar-refractivity contribution is 0.0282. The van der Waals surface area contributed by atoms with Crippen LogP contribution < -0.4 is 11.5 Å². The van der Waals surface area contributed by atoms with Gasteiger partial charge in [0.15, 0.2) is 0 Å². The van der Waals surface area contributed by atoms with E-state index in [1.54, 1.807) is 0 Å². The second kappa shape index (κ2) is 18.3. The fraction of sp³-hybridized carbons (Fsp3) is 0.319. The minimum Gasteiger partial charge on any atom is -0.363 e. The van der Waals surface area contributed by atoms with Gasteiger partial charge in [-0.25, -0.2) is 0 Å². The molecular formula is C47H54N2O2. The molecule has 0 heterocycles. The lowest BCUT2D eigenvalue weighted by Crippen LogP contribution is -2.35. The lowest BCUT2D eigenvalue weighted by Gasteiger charge is -2.31. The van der Waals surface area contributed by atoms with Gasteiger partial charge in [0.2, 0.25) is 0 Å². The van der Waals surface area contributed by atoms with Crippen molar-refractivity contribution in [2.45, 2.75) is 82.1 Å². The van der Waals surface area contributed by atoms with Gasteiger partial charge in [-0.05, 0) is 68.5 Å². The van der Waals surface area contributed by atoms with Crippen LogP contribution in [-0.2, 0) is 9.47 Å². The molecule has 0 saturated carbocycles. The first kappa shape index (κ1) is 36.5. The van der Waals surface area contributed by atoms with Crippen molar-refractivity contribution in [1.29, 1.82) is 0 Å². The zero-order valence-electron chi connectivity index (χ0n) is 30.2. The molecule has 264 valence electrons. The van der Waals surface area contributed by atoms with Crippen molar-refractivity contribution in [3.8, 4) is 0 Å². The van der Waals surface area contributed by atoms with E-state index in [0.29, 0.717) is 13.2 Å². The molecule has 0 amide bonds. The maximum absolute atomic E-state index is 6.84. The maximum atomic E-state index is 6.84. The van der Waals surface area contributed by atoms with Crippen LogP contribution in [-0.4, -0.2) is 25.7 Å². The number of unbranched alkanes of at least 4 members (excludes halogenated alkanes) is 4. The van der Waals surface area contributed by atoms with E-state index < -0.39 is 12.5 Å². The van der Waals surface area contributed by atoms with Crippen molar-refractivity contribution in [3.63, 3.8) is 0 Å². The van der Waals surface area contributed by atoms with E-state index >= 15 is 0 Å². The number of nitrogens with two attached hydrogens (primary N) is 2. The molecule has 0 aliphatic heterocycles. The lowest BCUT2D eigenvalue weighted by atomic mass is 9.81. The predicted molar refractivity (Wildman–Crippen MR) is 214 cm³/mol. The standard InChI is InChI=1S/C47H54N2O2/c1-34(36-18-8-6-9-19-36)44(42-28-26-38-22-12-14-24-40(38)32-42)46(48)50-30-16-4-3-5-17-31-51-47(49)45(35(2)37-20-10-7-11-21-37)43-29-27-39-23-13-15-25-41(39)33-43/h6-15,18-29,32-35,44-47H,3-5,16-17,30-31,48-49H2,1-2H3. The molecule has 0 fully saturated rings. The van der Waals surface area contributed by atoms with Crippen LogP contribution in [0.2, 0.25) is 0 Å². The Morgan fingerprint density at radius 1 is 0.392 bits per heavy atom. The smallest absolute Gasteiger partial charge is 0.113 e. The minimum atomic E-state index is -0.398. The predicted octanol–water partition coefficient (Wildman–Crippen LogP) is 11.0. The Kier molecular flexibility index (Phi) is 13.1. The van der Waals surface area contributed by atoms with Crippen molar-refractivity contribution >= 4 is 21.5 Å². The second-order valence-corrected chi connectivity index (χ2v) is 14.1. The topological polar surface area (TPSA) is 70.5 Å². The van der Waals surface area contributed by atoms with Crippen molar-refractivity contribution < 1.29 is 9.47 Å². The Morgan fingerprint density at radius 2 is 0.745 bits per heavy atom. The van der Waals surface area contributed by atoms with Gasteiger partial charge < -0.3 is 20.9 Å². The molecule has 4 nitrogen and oxygen atoms in total. The van der Waals surface area contributed by atoms with Crippen LogP contribution in [0.4, 0.5) is 0 Å². The van der Waals surface area contributed by atoms with E-state index in [0.717, 1.165) is 32.1 Å². The molecule has 6 unspecified atom stereocenters. The molecule has 0 aliphatic rings. The highest BCUT2D eigenvalue weighted by atomic mass is 16.5. The van der Waals surface area contributed by atoms with Crippen LogP contribution in [0.3, 0.4) is 0 Å². The van der Waals surface area contributed by atoms with Crippen molar-refractivity contribution in [1.82, 2.24) is 0 Å². The number of ether oxygens (including phenoxy) is 2. The van der Waals surface area contributed by atoms with Crippen LogP contribution >= 0.6 is 0 Å². The minimum absolute atomic E-state index is 0.0430. The SMILES string of the molecule is CC(c1ccccc1)C(c1ccc2ccccc2c1)C(N)OCCCCCCCOC(N)C(c1ccc2ccccc2c1)C(C)c1ccccc1. The van der Waals surface area contributed by atoms with Crippen LogP contribution in [0.15, 0.2) is 146 Å². The first-order valence-electron chi connectivity index (χ1n) is 18.8. The van der Waals surface area contributed by atoms with Crippen molar-refractivity contribution in [2.75, 3.05) is 13.2 Å². The summed E-state index contributed by atoms with van der Waals surface area (Å²) in [4.78, 5) is 0. The van der Waals surface area contributed by atoms with E-state index in [9.17, 15) is 0 Å². The van der Waals surface area contributed by atoms with Crippen LogP contribution in [0.1, 0.15) is 91.9 Å². The second-order valence-electron chi connectivity index (χ2n) is 14.1. The molecule has 51 heavy (non-hydrogen) atoms. The monoisotopic (exact) mass is 678 g/mol. The molecule has 0 radical (unpaired) electrons. The van der Waals surface area contributed by atoms with Gasteiger partial charge >= 0.3 is 0 Å².